The van der Waals surface area contributed by atoms with Crippen LogP contribution in [-0.2, 0) is 27.3 Å². The first-order valence-corrected chi connectivity index (χ1v) is 5.74. The topological polar surface area (TPSA) is 35.5 Å². The monoisotopic (exact) mass is 294 g/mol. The van der Waals surface area contributed by atoms with Crippen molar-refractivity contribution in [1.29, 1.82) is 0 Å². The molecule has 0 aromatic heterocycles. The van der Waals surface area contributed by atoms with E-state index in [4.69, 9.17) is 0 Å². The van der Waals surface area contributed by atoms with Crippen LogP contribution in [0, 0.1) is 0 Å². The highest BCUT2D eigenvalue weighted by Gasteiger charge is 2.40. The van der Waals surface area contributed by atoms with Gasteiger partial charge in [-0.2, -0.15) is 8.78 Å². The fourth-order valence-electron chi connectivity index (χ4n) is 1.46. The van der Waals surface area contributed by atoms with Crippen molar-refractivity contribution in [1.82, 2.24) is 0 Å². The fraction of sp³-hybridized carbons (Fsp3) is 0.462. The minimum absolute atomic E-state index is 0.0404. The highest BCUT2D eigenvalue weighted by Crippen LogP contribution is 2.23. The van der Waals surface area contributed by atoms with E-state index in [1.807, 2.05) is 0 Å². The van der Waals surface area contributed by atoms with Crippen LogP contribution in [0.1, 0.15) is 11.1 Å². The van der Waals surface area contributed by atoms with Gasteiger partial charge in [0, 0.05) is 0 Å². The molecule has 7 heteroatoms. The molecule has 112 valence electrons. The minimum Gasteiger partial charge on any atom is -0.469 e. The first-order chi connectivity index (χ1) is 9.36. The van der Waals surface area contributed by atoms with E-state index in [2.05, 4.69) is 9.47 Å². The normalized spacial score (nSPS) is 11.7. The lowest BCUT2D eigenvalue weighted by atomic mass is 10.1. The molecule has 0 aliphatic heterocycles. The van der Waals surface area contributed by atoms with Gasteiger partial charge < -0.3 is 9.47 Å². The first-order valence-electron chi connectivity index (χ1n) is 5.74. The van der Waals surface area contributed by atoms with Crippen LogP contribution in [0.2, 0.25) is 0 Å². The third-order valence-corrected chi connectivity index (χ3v) is 2.55. The molecule has 0 heterocycles. The van der Waals surface area contributed by atoms with Gasteiger partial charge in [-0.25, -0.2) is 8.78 Å². The van der Waals surface area contributed by atoms with E-state index in [1.165, 1.54) is 7.11 Å². The van der Waals surface area contributed by atoms with Crippen LogP contribution >= 0.6 is 0 Å². The maximum atomic E-state index is 12.7. The van der Waals surface area contributed by atoms with Crippen LogP contribution in [0.15, 0.2) is 24.3 Å². The smallest absolute Gasteiger partial charge is 0.330 e. The molecule has 0 aliphatic rings. The summed E-state index contributed by atoms with van der Waals surface area (Å²) in [5.41, 5.74) is 1.02. The number of esters is 1. The van der Waals surface area contributed by atoms with E-state index in [-0.39, 0.29) is 13.0 Å². The molecule has 0 aliphatic carbocycles. The summed E-state index contributed by atoms with van der Waals surface area (Å²) in [6.07, 6.45) is -3.81. The predicted octanol–water partition coefficient (Wildman–Crippen LogP) is 2.82. The zero-order chi connectivity index (χ0) is 15.2. The van der Waals surface area contributed by atoms with Gasteiger partial charge in [-0.1, -0.05) is 24.3 Å². The van der Waals surface area contributed by atoms with Gasteiger partial charge in [0.25, 0.3) is 0 Å². The minimum atomic E-state index is -4.18. The number of benzene rings is 1. The van der Waals surface area contributed by atoms with Gasteiger partial charge >= 0.3 is 18.3 Å². The van der Waals surface area contributed by atoms with Gasteiger partial charge in [-0.05, 0) is 11.1 Å². The van der Waals surface area contributed by atoms with Crippen molar-refractivity contribution in [2.75, 3.05) is 13.7 Å². The third-order valence-electron chi connectivity index (χ3n) is 2.55. The molecule has 0 N–H and O–H groups in total. The second-order valence-corrected chi connectivity index (χ2v) is 4.08. The number of rotatable bonds is 7. The molecule has 0 unspecified atom stereocenters. The summed E-state index contributed by atoms with van der Waals surface area (Å²) in [5.74, 6) is -4.67. The molecule has 1 aromatic rings. The Balaban J connectivity index is 2.62. The lowest BCUT2D eigenvalue weighted by Crippen LogP contribution is -2.32. The molecule has 0 amide bonds. The molecular weight excluding hydrogens is 280 g/mol. The standard InChI is InChI=1S/C13H14F4O3/c1-19-11(18)6-9-4-2-3-5-10(9)7-20-8-13(16,17)12(14)15/h2-5,12H,6-8H2,1H3. The van der Waals surface area contributed by atoms with Gasteiger partial charge in [0.05, 0.1) is 20.1 Å². The average Bonchev–Trinajstić information content (AvgIpc) is 2.40. The number of carbonyl (C=O) groups excluding carboxylic acids is 1. The SMILES string of the molecule is COC(=O)Cc1ccccc1COCC(F)(F)C(F)F. The molecule has 0 radical (unpaired) electrons. The van der Waals surface area contributed by atoms with Crippen molar-refractivity contribution < 1.29 is 31.8 Å². The van der Waals surface area contributed by atoms with Crippen LogP contribution in [-0.4, -0.2) is 32.0 Å². The van der Waals surface area contributed by atoms with Crippen molar-refractivity contribution in [3.63, 3.8) is 0 Å². The number of methoxy groups -OCH3 is 1. The Kier molecular flexibility index (Phi) is 5.94. The Morgan fingerprint density at radius 2 is 1.85 bits per heavy atom. The van der Waals surface area contributed by atoms with Crippen LogP contribution in [0.25, 0.3) is 0 Å². The van der Waals surface area contributed by atoms with E-state index < -0.39 is 24.9 Å². The van der Waals surface area contributed by atoms with E-state index in [9.17, 15) is 22.4 Å². The Labute approximate surface area is 113 Å². The maximum Gasteiger partial charge on any atom is 0.330 e. The van der Waals surface area contributed by atoms with E-state index >= 15 is 0 Å². The lowest BCUT2D eigenvalue weighted by molar-refractivity contribution is -0.168. The van der Waals surface area contributed by atoms with Crippen LogP contribution in [0.3, 0.4) is 0 Å². The average molecular weight is 294 g/mol. The largest absolute Gasteiger partial charge is 0.469 e. The molecular formula is C13H14F4O3. The number of ether oxygens (including phenoxy) is 2. The molecule has 20 heavy (non-hydrogen) atoms. The highest BCUT2D eigenvalue weighted by molar-refractivity contribution is 5.72. The van der Waals surface area contributed by atoms with Gasteiger partial charge in [-0.3, -0.25) is 4.79 Å². The summed E-state index contributed by atoms with van der Waals surface area (Å²) in [6.45, 7) is -1.66. The molecule has 1 rings (SSSR count). The molecule has 0 saturated heterocycles. The second kappa shape index (κ2) is 7.23. The van der Waals surface area contributed by atoms with Crippen molar-refractivity contribution >= 4 is 5.97 Å². The van der Waals surface area contributed by atoms with Crippen molar-refractivity contribution in [3.05, 3.63) is 35.4 Å². The maximum absolute atomic E-state index is 12.7. The quantitative estimate of drug-likeness (QED) is 0.573. The molecule has 1 aromatic carbocycles. The number of alkyl halides is 4. The van der Waals surface area contributed by atoms with Crippen molar-refractivity contribution in [2.45, 2.75) is 25.4 Å². The lowest BCUT2D eigenvalue weighted by Gasteiger charge is -2.16. The van der Waals surface area contributed by atoms with Crippen LogP contribution < -0.4 is 0 Å². The number of hydrogen-bond acceptors (Lipinski definition) is 3. The van der Waals surface area contributed by atoms with Crippen LogP contribution in [0.5, 0.6) is 0 Å². The first kappa shape index (κ1) is 16.4. The van der Waals surface area contributed by atoms with E-state index in [0.29, 0.717) is 11.1 Å². The third kappa shape index (κ3) is 4.80. The molecule has 0 fully saturated rings. The molecule has 3 nitrogen and oxygen atoms in total. The zero-order valence-electron chi connectivity index (χ0n) is 10.7. The molecule has 0 atom stereocenters. The Morgan fingerprint density at radius 1 is 1.25 bits per heavy atom. The van der Waals surface area contributed by atoms with Crippen molar-refractivity contribution in [2.24, 2.45) is 0 Å². The van der Waals surface area contributed by atoms with E-state index in [1.54, 1.807) is 24.3 Å². The van der Waals surface area contributed by atoms with Gasteiger partial charge in [0.2, 0.25) is 0 Å². The number of carbonyl (C=O) groups is 1. The second-order valence-electron chi connectivity index (χ2n) is 4.08. The van der Waals surface area contributed by atoms with Gasteiger partial charge in [-0.15, -0.1) is 0 Å². The van der Waals surface area contributed by atoms with Crippen molar-refractivity contribution in [3.8, 4) is 0 Å². The summed E-state index contributed by atoms with van der Waals surface area (Å²) in [5, 5.41) is 0. The summed E-state index contributed by atoms with van der Waals surface area (Å²) in [4.78, 5) is 11.2. The fourth-order valence-corrected chi connectivity index (χ4v) is 1.46. The van der Waals surface area contributed by atoms with Crippen LogP contribution in [0.4, 0.5) is 17.6 Å². The number of halogens is 4. The Hall–Kier alpha value is -1.63. The Bertz CT molecular complexity index is 449. The summed E-state index contributed by atoms with van der Waals surface area (Å²) in [6, 6.07) is 6.47. The summed E-state index contributed by atoms with van der Waals surface area (Å²) < 4.78 is 58.3. The highest BCUT2D eigenvalue weighted by atomic mass is 19.3. The van der Waals surface area contributed by atoms with E-state index in [0.717, 1.165) is 0 Å². The van der Waals surface area contributed by atoms with Gasteiger partial charge in [0.15, 0.2) is 0 Å². The van der Waals surface area contributed by atoms with Gasteiger partial charge in [0.1, 0.15) is 6.61 Å². The molecule has 0 bridgehead atoms. The summed E-state index contributed by atoms with van der Waals surface area (Å²) in [7, 11) is 1.23. The zero-order valence-corrected chi connectivity index (χ0v) is 10.7. The predicted molar refractivity (Wildman–Crippen MR) is 62.8 cm³/mol. The Morgan fingerprint density at radius 3 is 2.40 bits per heavy atom. The molecule has 0 saturated carbocycles. The number of hydrogen-bond donors (Lipinski definition) is 0. The summed E-state index contributed by atoms with van der Waals surface area (Å²) >= 11 is 0. The molecule has 0 spiro atoms.